The van der Waals surface area contributed by atoms with Crippen LogP contribution in [-0.2, 0) is 0 Å². The fourth-order valence-corrected chi connectivity index (χ4v) is 2.74. The summed E-state index contributed by atoms with van der Waals surface area (Å²) in [5, 5.41) is 17.5. The van der Waals surface area contributed by atoms with Gasteiger partial charge >= 0.3 is 0 Å². The largest absolute Gasteiger partial charge is 0.381 e. The summed E-state index contributed by atoms with van der Waals surface area (Å²) < 4.78 is 0. The van der Waals surface area contributed by atoms with Crippen LogP contribution < -0.4 is 10.6 Å². The van der Waals surface area contributed by atoms with Crippen molar-refractivity contribution >= 4 is 11.4 Å². The molecule has 0 aromatic heterocycles. The van der Waals surface area contributed by atoms with Crippen molar-refractivity contribution in [3.05, 3.63) is 33.9 Å². The molecule has 2 aliphatic rings. The Morgan fingerprint density at radius 1 is 1.41 bits per heavy atom. The maximum absolute atomic E-state index is 10.6. The van der Waals surface area contributed by atoms with E-state index in [1.54, 1.807) is 12.1 Å². The third-order valence-electron chi connectivity index (χ3n) is 3.83. The average Bonchev–Trinajstić information content (AvgIpc) is 2.74. The zero-order chi connectivity index (χ0) is 12.0. The summed E-state index contributed by atoms with van der Waals surface area (Å²) in [6.45, 7) is 4.09. The first kappa shape index (κ1) is 10.5. The second kappa shape index (κ2) is 3.70. The van der Waals surface area contributed by atoms with Crippen LogP contribution in [0.3, 0.4) is 0 Å². The third kappa shape index (κ3) is 1.76. The lowest BCUT2D eigenvalue weighted by atomic mass is 10.1. The molecule has 0 amide bonds. The van der Waals surface area contributed by atoms with Crippen LogP contribution in [0.4, 0.5) is 11.4 Å². The summed E-state index contributed by atoms with van der Waals surface area (Å²) in [5.41, 5.74) is 2.12. The van der Waals surface area contributed by atoms with Crippen molar-refractivity contribution in [2.75, 3.05) is 18.4 Å². The number of nitrogens with zero attached hydrogens (tertiary/aromatic N) is 1. The lowest BCUT2D eigenvalue weighted by molar-refractivity contribution is -0.384. The molecule has 2 fully saturated rings. The summed E-state index contributed by atoms with van der Waals surface area (Å²) in [6, 6.07) is 5.55. The van der Waals surface area contributed by atoms with Crippen LogP contribution in [-0.4, -0.2) is 24.1 Å². The number of anilines is 1. The Kier molecular flexibility index (Phi) is 2.29. The van der Waals surface area contributed by atoms with Crippen molar-refractivity contribution in [2.24, 2.45) is 11.8 Å². The van der Waals surface area contributed by atoms with Gasteiger partial charge in [-0.2, -0.15) is 0 Å². The minimum atomic E-state index is -0.355. The van der Waals surface area contributed by atoms with Gasteiger partial charge in [0.25, 0.3) is 5.69 Å². The molecule has 1 aromatic rings. The molecule has 1 aromatic carbocycles. The second-order valence-electron chi connectivity index (χ2n) is 4.91. The Bertz CT molecular complexity index is 465. The molecule has 1 saturated carbocycles. The van der Waals surface area contributed by atoms with Gasteiger partial charge in [-0.1, -0.05) is 0 Å². The summed E-state index contributed by atoms with van der Waals surface area (Å²) in [6.07, 6.45) is 0. The van der Waals surface area contributed by atoms with Gasteiger partial charge in [0.2, 0.25) is 0 Å². The first-order chi connectivity index (χ1) is 8.16. The van der Waals surface area contributed by atoms with Crippen molar-refractivity contribution in [1.82, 2.24) is 5.32 Å². The van der Waals surface area contributed by atoms with E-state index in [1.807, 2.05) is 13.0 Å². The first-order valence-corrected chi connectivity index (χ1v) is 5.89. The molecule has 1 aliphatic heterocycles. The smallest absolute Gasteiger partial charge is 0.269 e. The third-order valence-corrected chi connectivity index (χ3v) is 3.83. The number of nitrogens with one attached hydrogen (secondary N) is 2. The van der Waals surface area contributed by atoms with Gasteiger partial charge in [0.05, 0.1) is 4.92 Å². The molecule has 0 spiro atoms. The molecule has 5 nitrogen and oxygen atoms in total. The van der Waals surface area contributed by atoms with Gasteiger partial charge in [0.15, 0.2) is 0 Å². The number of hydrogen-bond donors (Lipinski definition) is 2. The number of nitro groups is 1. The Morgan fingerprint density at radius 2 is 2.12 bits per heavy atom. The molecule has 0 bridgehead atoms. The summed E-state index contributed by atoms with van der Waals surface area (Å²) in [4.78, 5) is 10.3. The molecule has 2 unspecified atom stereocenters. The van der Waals surface area contributed by atoms with Crippen molar-refractivity contribution < 1.29 is 4.92 Å². The molecular formula is C12H15N3O2. The lowest BCUT2D eigenvalue weighted by Crippen LogP contribution is -2.21. The molecule has 1 saturated heterocycles. The Labute approximate surface area is 99.4 Å². The quantitative estimate of drug-likeness (QED) is 0.613. The highest BCUT2D eigenvalue weighted by Crippen LogP contribution is 2.44. The van der Waals surface area contributed by atoms with E-state index in [4.69, 9.17) is 0 Å². The van der Waals surface area contributed by atoms with E-state index < -0.39 is 0 Å². The number of fused-ring (bicyclic) bond motifs is 1. The van der Waals surface area contributed by atoms with E-state index in [9.17, 15) is 10.1 Å². The molecule has 2 atom stereocenters. The highest BCUT2D eigenvalue weighted by Gasteiger charge is 2.52. The van der Waals surface area contributed by atoms with Crippen molar-refractivity contribution in [2.45, 2.75) is 13.0 Å². The molecule has 1 aliphatic carbocycles. The molecule has 1 heterocycles. The molecule has 2 N–H and O–H groups in total. The Hall–Kier alpha value is -1.62. The SMILES string of the molecule is Cc1cc([N+](=O)[O-])ccc1NC1C2CNCC21. The molecular weight excluding hydrogens is 218 g/mol. The first-order valence-electron chi connectivity index (χ1n) is 5.89. The van der Waals surface area contributed by atoms with Gasteiger partial charge in [0, 0.05) is 37.0 Å². The minimum absolute atomic E-state index is 0.158. The lowest BCUT2D eigenvalue weighted by Gasteiger charge is -2.11. The van der Waals surface area contributed by atoms with Crippen molar-refractivity contribution in [1.29, 1.82) is 0 Å². The van der Waals surface area contributed by atoms with Crippen LogP contribution in [0.2, 0.25) is 0 Å². The molecule has 3 rings (SSSR count). The van der Waals surface area contributed by atoms with E-state index in [-0.39, 0.29) is 10.6 Å². The van der Waals surface area contributed by atoms with E-state index >= 15 is 0 Å². The molecule has 0 radical (unpaired) electrons. The Morgan fingerprint density at radius 3 is 2.71 bits per heavy atom. The number of aryl methyl sites for hydroxylation is 1. The van der Waals surface area contributed by atoms with Crippen LogP contribution >= 0.6 is 0 Å². The zero-order valence-corrected chi connectivity index (χ0v) is 9.64. The molecule has 90 valence electrons. The van der Waals surface area contributed by atoms with Gasteiger partial charge in [-0.3, -0.25) is 10.1 Å². The van der Waals surface area contributed by atoms with Gasteiger partial charge < -0.3 is 10.6 Å². The maximum Gasteiger partial charge on any atom is 0.269 e. The number of nitro benzene ring substituents is 1. The van der Waals surface area contributed by atoms with Crippen molar-refractivity contribution in [3.8, 4) is 0 Å². The van der Waals surface area contributed by atoms with Crippen LogP contribution in [0.5, 0.6) is 0 Å². The van der Waals surface area contributed by atoms with E-state index in [1.165, 1.54) is 0 Å². The highest BCUT2D eigenvalue weighted by atomic mass is 16.6. The second-order valence-corrected chi connectivity index (χ2v) is 4.91. The Balaban J connectivity index is 1.73. The summed E-state index contributed by atoms with van der Waals surface area (Å²) in [7, 11) is 0. The molecule has 5 heteroatoms. The number of non-ortho nitro benzene ring substituents is 1. The number of rotatable bonds is 3. The maximum atomic E-state index is 10.6. The van der Waals surface area contributed by atoms with Crippen LogP contribution in [0.25, 0.3) is 0 Å². The van der Waals surface area contributed by atoms with Gasteiger partial charge in [0.1, 0.15) is 0 Å². The molecule has 17 heavy (non-hydrogen) atoms. The number of piperidine rings is 1. The zero-order valence-electron chi connectivity index (χ0n) is 9.64. The van der Waals surface area contributed by atoms with Gasteiger partial charge in [-0.25, -0.2) is 0 Å². The standard InChI is InChI=1S/C12H15N3O2/c1-7-4-8(15(16)17)2-3-11(7)14-12-9-5-13-6-10(9)12/h2-4,9-10,12-14H,5-6H2,1H3. The number of hydrogen-bond acceptors (Lipinski definition) is 4. The van der Waals surface area contributed by atoms with E-state index in [2.05, 4.69) is 10.6 Å². The minimum Gasteiger partial charge on any atom is -0.381 e. The van der Waals surface area contributed by atoms with E-state index in [0.29, 0.717) is 6.04 Å². The summed E-state index contributed by atoms with van der Waals surface area (Å²) in [5.74, 6) is 1.48. The summed E-state index contributed by atoms with van der Waals surface area (Å²) >= 11 is 0. The van der Waals surface area contributed by atoms with Gasteiger partial charge in [-0.15, -0.1) is 0 Å². The topological polar surface area (TPSA) is 67.2 Å². The monoisotopic (exact) mass is 233 g/mol. The fraction of sp³-hybridized carbons (Fsp3) is 0.500. The van der Waals surface area contributed by atoms with Crippen LogP contribution in [0.15, 0.2) is 18.2 Å². The fourth-order valence-electron chi connectivity index (χ4n) is 2.74. The van der Waals surface area contributed by atoms with Crippen molar-refractivity contribution in [3.63, 3.8) is 0 Å². The van der Waals surface area contributed by atoms with Crippen LogP contribution in [0, 0.1) is 28.9 Å². The van der Waals surface area contributed by atoms with Crippen LogP contribution in [0.1, 0.15) is 5.56 Å². The van der Waals surface area contributed by atoms with E-state index in [0.717, 1.165) is 36.2 Å². The number of benzene rings is 1. The average molecular weight is 233 g/mol. The normalized spacial score (nSPS) is 29.8. The predicted molar refractivity (Wildman–Crippen MR) is 65.1 cm³/mol. The van der Waals surface area contributed by atoms with Gasteiger partial charge in [-0.05, 0) is 30.4 Å². The highest BCUT2D eigenvalue weighted by molar-refractivity contribution is 5.57. The predicted octanol–water partition coefficient (Wildman–Crippen LogP) is 1.53.